The first-order valence-corrected chi connectivity index (χ1v) is 2.57. The van der Waals surface area contributed by atoms with Gasteiger partial charge in [0.1, 0.15) is 6.20 Å². The summed E-state index contributed by atoms with van der Waals surface area (Å²) in [5.41, 5.74) is 5.48. The van der Waals surface area contributed by atoms with Crippen molar-refractivity contribution in [1.29, 1.82) is 0 Å². The smallest absolute Gasteiger partial charge is 0.143 e. The summed E-state index contributed by atoms with van der Waals surface area (Å²) in [4.78, 5) is 6.36. The third-order valence-electron chi connectivity index (χ3n) is 0.902. The third-order valence-corrected chi connectivity index (χ3v) is 0.902. The number of rotatable bonds is 1. The Balaban J connectivity index is 2.96. The molecule has 0 radical (unpaired) electrons. The molecule has 52 valence electrons. The average molecular weight is 138 g/mol. The van der Waals surface area contributed by atoms with E-state index in [1.54, 1.807) is 6.20 Å². The van der Waals surface area contributed by atoms with Crippen molar-refractivity contribution in [2.75, 3.05) is 0 Å². The van der Waals surface area contributed by atoms with Crippen LogP contribution in [0.4, 0.5) is 0 Å². The predicted octanol–water partition coefficient (Wildman–Crippen LogP) is -1.21. The fraction of sp³-hybridized carbons (Fsp3) is 0. The van der Waals surface area contributed by atoms with Gasteiger partial charge in [-0.25, -0.2) is 0 Å². The lowest BCUT2D eigenvalue weighted by molar-refractivity contribution is -0.384. The van der Waals surface area contributed by atoms with Gasteiger partial charge >= 0.3 is 0 Å². The van der Waals surface area contributed by atoms with Gasteiger partial charge in [0, 0.05) is 6.20 Å². The van der Waals surface area contributed by atoms with E-state index in [0.29, 0.717) is 5.69 Å². The average Bonchev–Trinajstić information content (AvgIpc) is 2.05. The molecule has 0 aliphatic heterocycles. The normalized spacial score (nSPS) is 11.4. The van der Waals surface area contributed by atoms with Crippen molar-refractivity contribution in [2.24, 2.45) is 10.9 Å². The summed E-state index contributed by atoms with van der Waals surface area (Å²) in [5.74, 6) is -0.0585. The van der Waals surface area contributed by atoms with Crippen LogP contribution in [0.2, 0.25) is 0 Å². The summed E-state index contributed by atoms with van der Waals surface area (Å²) in [5, 5.41) is 10.9. The SMILES string of the molecule is N/C(=N\O)c1[c-][nH+]ccn1. The maximum Gasteiger partial charge on any atom is 0.143 e. The highest BCUT2D eigenvalue weighted by Crippen LogP contribution is 1.83. The number of oxime groups is 1. The Bertz CT molecular complexity index is 233. The molecule has 0 bridgehead atoms. The Morgan fingerprint density at radius 3 is 3.20 bits per heavy atom. The number of hydrogen-bond acceptors (Lipinski definition) is 3. The van der Waals surface area contributed by atoms with Crippen LogP contribution in [0.3, 0.4) is 0 Å². The molecular formula is C5H6N4O. The largest absolute Gasteiger partial charge is 0.430 e. The topological polar surface area (TPSA) is 85.6 Å². The number of hydrogen-bond donors (Lipinski definition) is 2. The number of nitrogens with one attached hydrogen (secondary N) is 1. The molecule has 0 aromatic carbocycles. The molecule has 0 saturated carbocycles. The molecule has 1 rings (SSSR count). The number of nitrogens with two attached hydrogens (primary N) is 1. The first kappa shape index (κ1) is 6.47. The van der Waals surface area contributed by atoms with Crippen LogP contribution in [0.25, 0.3) is 0 Å². The van der Waals surface area contributed by atoms with Crippen molar-refractivity contribution in [3.8, 4) is 0 Å². The molecule has 1 aromatic heterocycles. The van der Waals surface area contributed by atoms with E-state index in [1.165, 1.54) is 6.20 Å². The van der Waals surface area contributed by atoms with E-state index >= 15 is 0 Å². The van der Waals surface area contributed by atoms with Crippen LogP contribution >= 0.6 is 0 Å². The molecular weight excluding hydrogens is 132 g/mol. The zero-order chi connectivity index (χ0) is 7.40. The highest BCUT2D eigenvalue weighted by Gasteiger charge is 1.91. The maximum atomic E-state index is 8.18. The molecule has 5 nitrogen and oxygen atoms in total. The van der Waals surface area contributed by atoms with Gasteiger partial charge in [0.2, 0.25) is 0 Å². The molecule has 0 atom stereocenters. The van der Waals surface area contributed by atoms with Crippen LogP contribution in [0.15, 0.2) is 17.5 Å². The minimum absolute atomic E-state index is 0.0585. The van der Waals surface area contributed by atoms with Gasteiger partial charge in [-0.2, -0.15) is 0 Å². The van der Waals surface area contributed by atoms with Gasteiger partial charge < -0.3 is 15.9 Å². The lowest BCUT2D eigenvalue weighted by Gasteiger charge is -1.97. The van der Waals surface area contributed by atoms with Gasteiger partial charge in [0.15, 0.2) is 0 Å². The standard InChI is InChI=1S/C5H6N4O/c6-5(9-10)4-3-7-1-2-8-4/h1-2,7,10H,(H2,6,9). The van der Waals surface area contributed by atoms with E-state index in [9.17, 15) is 0 Å². The zero-order valence-corrected chi connectivity index (χ0v) is 5.07. The minimum Gasteiger partial charge on any atom is -0.430 e. The van der Waals surface area contributed by atoms with Gasteiger partial charge in [0.05, 0.1) is 17.7 Å². The molecule has 4 N–H and O–H groups in total. The quantitative estimate of drug-likeness (QED) is 0.168. The maximum absolute atomic E-state index is 8.18. The van der Waals surface area contributed by atoms with Gasteiger partial charge in [-0.05, 0) is 0 Å². The number of aromatic amines is 1. The molecule has 1 aromatic rings. The molecule has 0 spiro atoms. The minimum atomic E-state index is -0.0585. The molecule has 0 aliphatic carbocycles. The second kappa shape index (κ2) is 2.77. The predicted molar refractivity (Wildman–Crippen MR) is 32.1 cm³/mol. The van der Waals surface area contributed by atoms with Gasteiger partial charge in [-0.1, -0.05) is 0 Å². The van der Waals surface area contributed by atoms with Crippen LogP contribution < -0.4 is 10.7 Å². The monoisotopic (exact) mass is 138 g/mol. The highest BCUT2D eigenvalue weighted by molar-refractivity contribution is 5.94. The second-order valence-electron chi connectivity index (χ2n) is 1.55. The lowest BCUT2D eigenvalue weighted by atomic mass is 10.4. The number of amidine groups is 1. The molecule has 0 unspecified atom stereocenters. The fourth-order valence-corrected chi connectivity index (χ4v) is 0.469. The second-order valence-corrected chi connectivity index (χ2v) is 1.55. The Morgan fingerprint density at radius 2 is 2.70 bits per heavy atom. The Labute approximate surface area is 57.2 Å². The summed E-state index contributed by atoms with van der Waals surface area (Å²) in [6, 6.07) is 0. The van der Waals surface area contributed by atoms with E-state index < -0.39 is 0 Å². The summed E-state index contributed by atoms with van der Waals surface area (Å²) in [7, 11) is 0. The zero-order valence-electron chi connectivity index (χ0n) is 5.07. The van der Waals surface area contributed by atoms with E-state index in [4.69, 9.17) is 10.9 Å². The van der Waals surface area contributed by atoms with Crippen molar-refractivity contribution in [1.82, 2.24) is 4.98 Å². The van der Waals surface area contributed by atoms with Gasteiger partial charge in [-0.3, -0.25) is 4.98 Å². The molecule has 0 aliphatic rings. The highest BCUT2D eigenvalue weighted by atomic mass is 16.4. The van der Waals surface area contributed by atoms with Crippen molar-refractivity contribution >= 4 is 5.84 Å². The Kier molecular flexibility index (Phi) is 1.79. The van der Waals surface area contributed by atoms with E-state index in [-0.39, 0.29) is 5.84 Å². The molecule has 10 heavy (non-hydrogen) atoms. The Morgan fingerprint density at radius 1 is 1.90 bits per heavy atom. The van der Waals surface area contributed by atoms with Gasteiger partial charge in [-0.15, -0.1) is 5.16 Å². The van der Waals surface area contributed by atoms with Gasteiger partial charge in [0.25, 0.3) is 0 Å². The van der Waals surface area contributed by atoms with E-state index in [0.717, 1.165) is 0 Å². The van der Waals surface area contributed by atoms with Crippen LogP contribution in [-0.4, -0.2) is 16.0 Å². The summed E-state index contributed by atoms with van der Waals surface area (Å²) in [6.45, 7) is 0. The molecule has 0 fully saturated rings. The first-order valence-electron chi connectivity index (χ1n) is 2.57. The number of nitrogens with zero attached hydrogens (tertiary/aromatic N) is 2. The summed E-state index contributed by atoms with van der Waals surface area (Å²) >= 11 is 0. The molecule has 0 saturated heterocycles. The third kappa shape index (κ3) is 1.19. The Hall–Kier alpha value is -1.65. The number of H-pyrrole nitrogens is 1. The van der Waals surface area contributed by atoms with Crippen molar-refractivity contribution < 1.29 is 10.2 Å². The molecule has 1 heterocycles. The molecule has 0 amide bonds. The fourth-order valence-electron chi connectivity index (χ4n) is 0.469. The van der Waals surface area contributed by atoms with Crippen LogP contribution in [0.1, 0.15) is 5.69 Å². The summed E-state index contributed by atoms with van der Waals surface area (Å²) < 4.78 is 0. The summed E-state index contributed by atoms with van der Waals surface area (Å²) in [6.07, 6.45) is 5.63. The van der Waals surface area contributed by atoms with Crippen LogP contribution in [-0.2, 0) is 0 Å². The molecule has 5 heteroatoms. The first-order chi connectivity index (χ1) is 4.84. The van der Waals surface area contributed by atoms with Crippen molar-refractivity contribution in [3.63, 3.8) is 0 Å². The van der Waals surface area contributed by atoms with Crippen molar-refractivity contribution in [2.45, 2.75) is 0 Å². The van der Waals surface area contributed by atoms with E-state index in [1.807, 2.05) is 0 Å². The van der Waals surface area contributed by atoms with E-state index in [2.05, 4.69) is 21.3 Å². The van der Waals surface area contributed by atoms with Crippen molar-refractivity contribution in [3.05, 3.63) is 24.3 Å². The lowest BCUT2D eigenvalue weighted by Crippen LogP contribution is -2.18. The van der Waals surface area contributed by atoms with Crippen LogP contribution in [0, 0.1) is 6.20 Å². The number of aromatic nitrogens is 2. The van der Waals surface area contributed by atoms with Crippen LogP contribution in [0.5, 0.6) is 0 Å².